The predicted molar refractivity (Wildman–Crippen MR) is 18.6 cm³/mol. The molecule has 0 aromatic heterocycles. The van der Waals surface area contributed by atoms with E-state index in [4.69, 9.17) is 5.41 Å². The number of nitrogens with one attached hydrogen (secondary N) is 1. The van der Waals surface area contributed by atoms with Gasteiger partial charge in [0.25, 0.3) is 5.90 Å². The smallest absolute Gasteiger partial charge is 0.261 e. The van der Waals surface area contributed by atoms with Crippen molar-refractivity contribution in [2.24, 2.45) is 0 Å². The van der Waals surface area contributed by atoms with Crippen molar-refractivity contribution in [1.29, 1.82) is 5.41 Å². The van der Waals surface area contributed by atoms with Gasteiger partial charge in [0.05, 0.1) is 0 Å². The number of hydrogen-bond acceptors (Lipinski definition) is 1. The van der Waals surface area contributed by atoms with Gasteiger partial charge in [0.15, 0.2) is 0 Å². The first-order valence-corrected chi connectivity index (χ1v) is 1.15. The van der Waals surface area contributed by atoms with E-state index in [9.17, 15) is 5.11 Å². The predicted octanol–water partition coefficient (Wildman–Crippen LogP) is 0.580. The molecule has 0 aliphatic carbocycles. The lowest BCUT2D eigenvalue weighted by atomic mass is 10.7. The SMILES string of the molecule is C=CC(=N)[O]. The second kappa shape index (κ2) is 1.52. The molecule has 0 aromatic carbocycles. The first-order valence-electron chi connectivity index (χ1n) is 1.15. The summed E-state index contributed by atoms with van der Waals surface area (Å²) in [5.74, 6) is -0.731. The lowest BCUT2D eigenvalue weighted by Crippen LogP contribution is -1.76. The van der Waals surface area contributed by atoms with Crippen molar-refractivity contribution < 1.29 is 5.11 Å². The second-order valence-electron chi connectivity index (χ2n) is 0.568. The maximum absolute atomic E-state index is 9.36. The van der Waals surface area contributed by atoms with Crippen LogP contribution in [0, 0.1) is 5.41 Å². The van der Waals surface area contributed by atoms with Crippen molar-refractivity contribution in [3.8, 4) is 0 Å². The first-order chi connectivity index (χ1) is 2.27. The summed E-state index contributed by atoms with van der Waals surface area (Å²) in [5, 5.41) is 15.4. The Morgan fingerprint density at radius 1 is 2.00 bits per heavy atom. The summed E-state index contributed by atoms with van der Waals surface area (Å²) in [4.78, 5) is 0. The maximum atomic E-state index is 9.36. The Morgan fingerprint density at radius 3 is 2.20 bits per heavy atom. The number of rotatable bonds is 1. The molecule has 0 unspecified atom stereocenters. The minimum absolute atomic E-state index is 0.731. The minimum Gasteiger partial charge on any atom is -0.268 e. The van der Waals surface area contributed by atoms with Gasteiger partial charge in [-0.15, -0.1) is 0 Å². The van der Waals surface area contributed by atoms with Gasteiger partial charge in [0.2, 0.25) is 0 Å². The Bertz CT molecular complexity index is 57.9. The zero-order valence-electron chi connectivity index (χ0n) is 2.69. The molecule has 0 fully saturated rings. The van der Waals surface area contributed by atoms with Gasteiger partial charge in [0, 0.05) is 0 Å². The average Bonchev–Trinajstić information content (AvgIpc) is 1.38. The highest BCUT2D eigenvalue weighted by Gasteiger charge is 1.71. The first kappa shape index (κ1) is 4.21. The van der Waals surface area contributed by atoms with Gasteiger partial charge in [-0.05, 0) is 6.08 Å². The molecule has 1 radical (unpaired) electrons. The highest BCUT2D eigenvalue weighted by atomic mass is 16.3. The summed E-state index contributed by atoms with van der Waals surface area (Å²) in [7, 11) is 0. The molecule has 1 N–H and O–H groups in total. The monoisotopic (exact) mass is 70.0 g/mol. The van der Waals surface area contributed by atoms with Crippen LogP contribution in [0.4, 0.5) is 0 Å². The van der Waals surface area contributed by atoms with E-state index in [0.717, 1.165) is 6.08 Å². The van der Waals surface area contributed by atoms with Crippen molar-refractivity contribution in [3.05, 3.63) is 12.7 Å². The lowest BCUT2D eigenvalue weighted by Gasteiger charge is -1.62. The topological polar surface area (TPSA) is 43.8 Å². The molecule has 0 bridgehead atoms. The van der Waals surface area contributed by atoms with E-state index >= 15 is 0 Å². The molecular formula is C3H4NO. The molecule has 0 amide bonds. The third-order valence-corrected chi connectivity index (χ3v) is 0.185. The van der Waals surface area contributed by atoms with Crippen molar-refractivity contribution >= 4 is 5.90 Å². The summed E-state index contributed by atoms with van der Waals surface area (Å²) in [5.41, 5.74) is 0. The Kier molecular flexibility index (Phi) is 1.28. The zero-order chi connectivity index (χ0) is 4.28. The molecule has 2 heteroatoms. The van der Waals surface area contributed by atoms with Crippen molar-refractivity contribution in [2.75, 3.05) is 0 Å². The Balaban J connectivity index is 3.20. The van der Waals surface area contributed by atoms with E-state index < -0.39 is 5.90 Å². The molecule has 0 heterocycles. The quantitative estimate of drug-likeness (QED) is 0.346. The van der Waals surface area contributed by atoms with Crippen molar-refractivity contribution in [1.82, 2.24) is 0 Å². The minimum atomic E-state index is -0.731. The third-order valence-electron chi connectivity index (χ3n) is 0.185. The average molecular weight is 70.1 g/mol. The van der Waals surface area contributed by atoms with Gasteiger partial charge in [0.1, 0.15) is 0 Å². The third kappa shape index (κ3) is 3.21. The van der Waals surface area contributed by atoms with Crippen LogP contribution >= 0.6 is 0 Å². The van der Waals surface area contributed by atoms with E-state index in [0.29, 0.717) is 0 Å². The maximum Gasteiger partial charge on any atom is 0.261 e. The van der Waals surface area contributed by atoms with Crippen molar-refractivity contribution in [3.63, 3.8) is 0 Å². The van der Waals surface area contributed by atoms with Crippen LogP contribution in [-0.2, 0) is 5.11 Å². The van der Waals surface area contributed by atoms with Gasteiger partial charge >= 0.3 is 0 Å². The molecule has 0 spiro atoms. The van der Waals surface area contributed by atoms with Gasteiger partial charge in [-0.3, -0.25) is 10.5 Å². The Labute approximate surface area is 30.3 Å². The van der Waals surface area contributed by atoms with Gasteiger partial charge < -0.3 is 0 Å². The summed E-state index contributed by atoms with van der Waals surface area (Å²) in [6, 6.07) is 0. The Hall–Kier alpha value is -0.790. The van der Waals surface area contributed by atoms with E-state index in [1.165, 1.54) is 0 Å². The van der Waals surface area contributed by atoms with Crippen LogP contribution in [-0.4, -0.2) is 5.90 Å². The summed E-state index contributed by atoms with van der Waals surface area (Å²) < 4.78 is 0. The van der Waals surface area contributed by atoms with Crippen LogP contribution in [0.5, 0.6) is 0 Å². The van der Waals surface area contributed by atoms with Gasteiger partial charge in [-0.2, -0.15) is 0 Å². The molecule has 0 atom stereocenters. The fourth-order valence-corrected chi connectivity index (χ4v) is 0. The largest absolute Gasteiger partial charge is 0.268 e. The van der Waals surface area contributed by atoms with Gasteiger partial charge in [-0.1, -0.05) is 6.58 Å². The molecule has 2 nitrogen and oxygen atoms in total. The summed E-state index contributed by atoms with van der Waals surface area (Å²) >= 11 is 0. The van der Waals surface area contributed by atoms with E-state index in [2.05, 4.69) is 6.58 Å². The molecule has 27 valence electrons. The van der Waals surface area contributed by atoms with Crippen LogP contribution in [0.3, 0.4) is 0 Å². The van der Waals surface area contributed by atoms with Crippen LogP contribution in [0.1, 0.15) is 0 Å². The molecule has 0 aliphatic heterocycles. The lowest BCUT2D eigenvalue weighted by molar-refractivity contribution is 0.428. The normalized spacial score (nSPS) is 6.40. The highest BCUT2D eigenvalue weighted by Crippen LogP contribution is 1.58. The van der Waals surface area contributed by atoms with Gasteiger partial charge in [-0.25, -0.2) is 0 Å². The van der Waals surface area contributed by atoms with Crippen molar-refractivity contribution in [2.45, 2.75) is 0 Å². The standard InChI is InChI=1S/C3H4NO/c1-2-3(4)5/h2,4H,1H2. The highest BCUT2D eigenvalue weighted by molar-refractivity contribution is 5.81. The van der Waals surface area contributed by atoms with Crippen LogP contribution in [0.2, 0.25) is 0 Å². The Morgan fingerprint density at radius 2 is 2.20 bits per heavy atom. The van der Waals surface area contributed by atoms with E-state index in [1.807, 2.05) is 0 Å². The van der Waals surface area contributed by atoms with Crippen LogP contribution in [0.15, 0.2) is 12.7 Å². The zero-order valence-corrected chi connectivity index (χ0v) is 2.69. The molecule has 0 rings (SSSR count). The summed E-state index contributed by atoms with van der Waals surface area (Å²) in [6.07, 6.45) is 0.944. The molecule has 0 saturated carbocycles. The molecule has 0 aromatic rings. The molecule has 0 saturated heterocycles. The molecular weight excluding hydrogens is 66.0 g/mol. The van der Waals surface area contributed by atoms with E-state index in [1.54, 1.807) is 0 Å². The van der Waals surface area contributed by atoms with Crippen LogP contribution in [0.25, 0.3) is 0 Å². The fourth-order valence-electron chi connectivity index (χ4n) is 0. The molecule has 5 heavy (non-hydrogen) atoms. The summed E-state index contributed by atoms with van der Waals surface area (Å²) in [6.45, 7) is 3.02. The van der Waals surface area contributed by atoms with Crippen LogP contribution < -0.4 is 0 Å². The molecule has 0 aliphatic rings. The number of hydrogen-bond donors (Lipinski definition) is 1. The van der Waals surface area contributed by atoms with E-state index in [-0.39, 0.29) is 0 Å². The fraction of sp³-hybridized carbons (Fsp3) is 0. The second-order valence-corrected chi connectivity index (χ2v) is 0.568.